The van der Waals surface area contributed by atoms with Crippen molar-refractivity contribution < 1.29 is 9.50 Å². The first kappa shape index (κ1) is 17.2. The molecule has 3 aromatic carbocycles. The lowest BCUT2D eigenvalue weighted by Crippen LogP contribution is -1.96. The second kappa shape index (κ2) is 7.17. The molecule has 0 radical (unpaired) electrons. The van der Waals surface area contributed by atoms with Crippen LogP contribution in [0.25, 0.3) is 33.8 Å². The van der Waals surface area contributed by atoms with Gasteiger partial charge in [-0.1, -0.05) is 35.9 Å². The molecule has 0 fully saturated rings. The van der Waals surface area contributed by atoms with Gasteiger partial charge in [-0.15, -0.1) is 0 Å². The number of phenolic OH excluding ortho intramolecular Hbond substituents is 1. The van der Waals surface area contributed by atoms with Crippen molar-refractivity contribution in [2.24, 2.45) is 0 Å². The predicted octanol–water partition coefficient (Wildman–Crippen LogP) is 5.98. The fourth-order valence-corrected chi connectivity index (χ4v) is 2.97. The summed E-state index contributed by atoms with van der Waals surface area (Å²) < 4.78 is 13.3. The number of hydrogen-bond acceptors (Lipinski definition) is 3. The van der Waals surface area contributed by atoms with E-state index in [9.17, 15) is 9.50 Å². The Kier molecular flexibility index (Phi) is 4.57. The summed E-state index contributed by atoms with van der Waals surface area (Å²) in [6, 6.07) is 20.3. The maximum absolute atomic E-state index is 13.3. The van der Waals surface area contributed by atoms with E-state index in [1.165, 1.54) is 12.1 Å². The van der Waals surface area contributed by atoms with Crippen LogP contribution in [0.2, 0.25) is 5.02 Å². The minimum Gasteiger partial charge on any atom is -0.507 e. The fraction of sp³-hybridized carbons (Fsp3) is 0. The van der Waals surface area contributed by atoms with Gasteiger partial charge in [0.15, 0.2) is 5.82 Å². The van der Waals surface area contributed by atoms with Crippen LogP contribution in [-0.4, -0.2) is 15.1 Å². The number of para-hydroxylation sites is 1. The van der Waals surface area contributed by atoms with Crippen LogP contribution in [-0.2, 0) is 0 Å². The molecule has 0 aliphatic rings. The molecule has 1 aromatic heterocycles. The zero-order chi connectivity index (χ0) is 18.8. The van der Waals surface area contributed by atoms with Crippen LogP contribution >= 0.6 is 11.6 Å². The minimum absolute atomic E-state index is 0.113. The van der Waals surface area contributed by atoms with Gasteiger partial charge in [0.2, 0.25) is 0 Å². The third-order valence-electron chi connectivity index (χ3n) is 4.21. The molecule has 4 aromatic rings. The number of nitrogens with zero attached hydrogens (tertiary/aromatic N) is 2. The second-order valence-electron chi connectivity index (χ2n) is 5.99. The Morgan fingerprint density at radius 3 is 2.15 bits per heavy atom. The van der Waals surface area contributed by atoms with Crippen LogP contribution < -0.4 is 0 Å². The summed E-state index contributed by atoms with van der Waals surface area (Å²) in [6.07, 6.45) is 1.69. The van der Waals surface area contributed by atoms with Crippen molar-refractivity contribution in [3.05, 3.63) is 89.8 Å². The molecule has 0 bridgehead atoms. The fourth-order valence-electron chi connectivity index (χ4n) is 2.84. The molecule has 27 heavy (non-hydrogen) atoms. The number of benzene rings is 3. The Labute approximate surface area is 160 Å². The van der Waals surface area contributed by atoms with Crippen LogP contribution in [0.1, 0.15) is 0 Å². The molecule has 1 N–H and O–H groups in total. The van der Waals surface area contributed by atoms with Crippen molar-refractivity contribution >= 4 is 11.6 Å². The minimum atomic E-state index is -0.318. The lowest BCUT2D eigenvalue weighted by atomic mass is 10.00. The summed E-state index contributed by atoms with van der Waals surface area (Å²) in [4.78, 5) is 9.16. The third-order valence-corrected chi connectivity index (χ3v) is 4.46. The molecule has 0 amide bonds. The predicted molar refractivity (Wildman–Crippen MR) is 105 cm³/mol. The van der Waals surface area contributed by atoms with Crippen LogP contribution in [0, 0.1) is 5.82 Å². The smallest absolute Gasteiger partial charge is 0.159 e. The highest BCUT2D eigenvalue weighted by atomic mass is 35.5. The maximum Gasteiger partial charge on any atom is 0.159 e. The van der Waals surface area contributed by atoms with Gasteiger partial charge in [-0.25, -0.2) is 14.4 Å². The Hall–Kier alpha value is -3.24. The maximum atomic E-state index is 13.3. The zero-order valence-electron chi connectivity index (χ0n) is 14.1. The van der Waals surface area contributed by atoms with Gasteiger partial charge >= 0.3 is 0 Å². The van der Waals surface area contributed by atoms with Crippen LogP contribution in [0.4, 0.5) is 4.39 Å². The average Bonchev–Trinajstić information content (AvgIpc) is 2.69. The normalized spacial score (nSPS) is 10.7. The van der Waals surface area contributed by atoms with Gasteiger partial charge in [0.25, 0.3) is 0 Å². The van der Waals surface area contributed by atoms with Crippen LogP contribution in [0.15, 0.2) is 79.0 Å². The van der Waals surface area contributed by atoms with Crippen molar-refractivity contribution in [1.82, 2.24) is 9.97 Å². The largest absolute Gasteiger partial charge is 0.507 e. The molecule has 3 nitrogen and oxygen atoms in total. The topological polar surface area (TPSA) is 46.0 Å². The Bertz CT molecular complexity index is 1100. The first-order valence-corrected chi connectivity index (χ1v) is 8.67. The van der Waals surface area contributed by atoms with E-state index in [1.54, 1.807) is 48.7 Å². The summed E-state index contributed by atoms with van der Waals surface area (Å²) in [7, 11) is 0. The van der Waals surface area contributed by atoms with Crippen molar-refractivity contribution in [2.45, 2.75) is 0 Å². The lowest BCUT2D eigenvalue weighted by molar-refractivity contribution is 0.477. The highest BCUT2D eigenvalue weighted by molar-refractivity contribution is 6.30. The lowest BCUT2D eigenvalue weighted by Gasteiger charge is -2.12. The molecule has 0 unspecified atom stereocenters. The van der Waals surface area contributed by atoms with E-state index in [-0.39, 0.29) is 11.6 Å². The summed E-state index contributed by atoms with van der Waals surface area (Å²) >= 11 is 5.96. The van der Waals surface area contributed by atoms with Crippen LogP contribution in [0.5, 0.6) is 5.75 Å². The third kappa shape index (κ3) is 3.52. The van der Waals surface area contributed by atoms with E-state index in [1.807, 2.05) is 18.2 Å². The van der Waals surface area contributed by atoms with Gasteiger partial charge in [0.05, 0.1) is 5.69 Å². The highest BCUT2D eigenvalue weighted by Crippen LogP contribution is 2.36. The molecule has 0 atom stereocenters. The quantitative estimate of drug-likeness (QED) is 0.478. The van der Waals surface area contributed by atoms with Crippen molar-refractivity contribution in [3.63, 3.8) is 0 Å². The van der Waals surface area contributed by atoms with E-state index in [0.29, 0.717) is 27.7 Å². The van der Waals surface area contributed by atoms with Gasteiger partial charge < -0.3 is 5.11 Å². The van der Waals surface area contributed by atoms with E-state index >= 15 is 0 Å². The Morgan fingerprint density at radius 2 is 1.44 bits per heavy atom. The summed E-state index contributed by atoms with van der Waals surface area (Å²) in [6.45, 7) is 0. The number of halogens is 2. The molecular weight excluding hydrogens is 363 g/mol. The van der Waals surface area contributed by atoms with E-state index in [4.69, 9.17) is 16.6 Å². The Balaban J connectivity index is 1.92. The number of phenols is 1. The molecule has 1 heterocycles. The first-order chi connectivity index (χ1) is 13.1. The van der Waals surface area contributed by atoms with Gasteiger partial charge in [0.1, 0.15) is 11.6 Å². The molecular formula is C22H14ClFN2O. The van der Waals surface area contributed by atoms with Crippen molar-refractivity contribution in [2.75, 3.05) is 0 Å². The highest BCUT2D eigenvalue weighted by Gasteiger charge is 2.15. The zero-order valence-corrected chi connectivity index (χ0v) is 14.9. The van der Waals surface area contributed by atoms with Crippen molar-refractivity contribution in [1.29, 1.82) is 0 Å². The standard InChI is InChI=1S/C22H14ClFN2O/c23-16-9-5-15(6-10-16)22-25-13-19(14-7-11-17(24)12-8-14)21(26-22)18-3-1-2-4-20(18)27/h1-13,27H. The van der Waals surface area contributed by atoms with Gasteiger partial charge in [0, 0.05) is 27.9 Å². The molecule has 0 saturated carbocycles. The van der Waals surface area contributed by atoms with E-state index < -0.39 is 0 Å². The van der Waals surface area contributed by atoms with Crippen molar-refractivity contribution in [3.8, 4) is 39.5 Å². The SMILES string of the molecule is Oc1ccccc1-c1nc(-c2ccc(Cl)cc2)ncc1-c1ccc(F)cc1. The molecule has 0 spiro atoms. The number of aromatic nitrogens is 2. The summed E-state index contributed by atoms with van der Waals surface area (Å²) in [5.41, 5.74) is 3.42. The molecule has 0 aliphatic heterocycles. The molecule has 0 saturated heterocycles. The molecule has 0 aliphatic carbocycles. The first-order valence-electron chi connectivity index (χ1n) is 8.29. The molecule has 5 heteroatoms. The van der Waals surface area contributed by atoms with E-state index in [0.717, 1.165) is 11.1 Å². The molecule has 132 valence electrons. The number of hydrogen-bond donors (Lipinski definition) is 1. The van der Waals surface area contributed by atoms with Gasteiger partial charge in [-0.05, 0) is 54.1 Å². The van der Waals surface area contributed by atoms with E-state index in [2.05, 4.69) is 4.98 Å². The molecule has 4 rings (SSSR count). The number of aromatic hydroxyl groups is 1. The average molecular weight is 377 g/mol. The van der Waals surface area contributed by atoms with Gasteiger partial charge in [-0.3, -0.25) is 0 Å². The summed E-state index contributed by atoms with van der Waals surface area (Å²) in [5, 5.41) is 11.0. The summed E-state index contributed by atoms with van der Waals surface area (Å²) in [5.74, 6) is 0.305. The number of rotatable bonds is 3. The Morgan fingerprint density at radius 1 is 0.778 bits per heavy atom. The monoisotopic (exact) mass is 376 g/mol. The second-order valence-corrected chi connectivity index (χ2v) is 6.42. The van der Waals surface area contributed by atoms with Gasteiger partial charge in [-0.2, -0.15) is 0 Å². The van der Waals surface area contributed by atoms with Crippen LogP contribution in [0.3, 0.4) is 0 Å².